The highest BCUT2D eigenvalue weighted by Gasteiger charge is 2.08. The molecule has 3 rings (SSSR count). The van der Waals surface area contributed by atoms with Crippen LogP contribution in [-0.4, -0.2) is 12.5 Å². The molecule has 0 spiro atoms. The van der Waals surface area contributed by atoms with Gasteiger partial charge in [-0.15, -0.1) is 0 Å². The van der Waals surface area contributed by atoms with Gasteiger partial charge in [0.2, 0.25) is 0 Å². The van der Waals surface area contributed by atoms with Gasteiger partial charge in [0.25, 0.3) is 5.91 Å². The molecule has 0 saturated carbocycles. The standard InChI is InChI=1S/C20H19NO4/c1-12-4-5-13(2)17(8-12)21-19(22)11-24-15-6-7-16-14(3)9-20(23)25-18(16)10-15/h4-10H,11H2,1-3H3,(H,21,22). The number of carbonyl (C=O) groups excluding carboxylic acids is 1. The molecule has 128 valence electrons. The van der Waals surface area contributed by atoms with Crippen molar-refractivity contribution in [1.82, 2.24) is 0 Å². The molecule has 2 aromatic carbocycles. The minimum Gasteiger partial charge on any atom is -0.484 e. The van der Waals surface area contributed by atoms with Crippen LogP contribution >= 0.6 is 0 Å². The summed E-state index contributed by atoms with van der Waals surface area (Å²) in [7, 11) is 0. The van der Waals surface area contributed by atoms with E-state index in [1.54, 1.807) is 12.1 Å². The van der Waals surface area contributed by atoms with Crippen molar-refractivity contribution in [3.63, 3.8) is 0 Å². The zero-order valence-corrected chi connectivity index (χ0v) is 14.4. The Labute approximate surface area is 145 Å². The highest BCUT2D eigenvalue weighted by molar-refractivity contribution is 5.92. The molecule has 25 heavy (non-hydrogen) atoms. The fourth-order valence-corrected chi connectivity index (χ4v) is 2.60. The molecule has 0 saturated heterocycles. The third-order valence-corrected chi connectivity index (χ3v) is 3.96. The van der Waals surface area contributed by atoms with Gasteiger partial charge in [-0.05, 0) is 55.7 Å². The maximum absolute atomic E-state index is 12.1. The van der Waals surface area contributed by atoms with E-state index in [9.17, 15) is 9.59 Å². The van der Waals surface area contributed by atoms with Crippen LogP contribution in [0.2, 0.25) is 0 Å². The zero-order chi connectivity index (χ0) is 18.0. The number of ether oxygens (including phenoxy) is 1. The van der Waals surface area contributed by atoms with Gasteiger partial charge in [0, 0.05) is 23.2 Å². The summed E-state index contributed by atoms with van der Waals surface area (Å²) in [6.45, 7) is 5.62. The minimum atomic E-state index is -0.408. The fraction of sp³-hybridized carbons (Fsp3) is 0.200. The second-order valence-electron chi connectivity index (χ2n) is 6.06. The van der Waals surface area contributed by atoms with Crippen LogP contribution in [0.4, 0.5) is 5.69 Å². The Balaban J connectivity index is 1.70. The van der Waals surface area contributed by atoms with Gasteiger partial charge in [0.1, 0.15) is 11.3 Å². The lowest BCUT2D eigenvalue weighted by Gasteiger charge is -2.11. The Kier molecular flexibility index (Phi) is 4.57. The number of hydrogen-bond acceptors (Lipinski definition) is 4. The van der Waals surface area contributed by atoms with E-state index in [2.05, 4.69) is 5.32 Å². The molecule has 0 unspecified atom stereocenters. The summed E-state index contributed by atoms with van der Waals surface area (Å²) < 4.78 is 10.7. The van der Waals surface area contributed by atoms with E-state index in [1.165, 1.54) is 6.07 Å². The Bertz CT molecular complexity index is 1000. The van der Waals surface area contributed by atoms with Gasteiger partial charge in [-0.1, -0.05) is 12.1 Å². The smallest absolute Gasteiger partial charge is 0.336 e. The monoisotopic (exact) mass is 337 g/mol. The summed E-state index contributed by atoms with van der Waals surface area (Å²) in [6.07, 6.45) is 0. The topological polar surface area (TPSA) is 68.5 Å². The molecule has 5 heteroatoms. The van der Waals surface area contributed by atoms with Gasteiger partial charge in [-0.25, -0.2) is 4.79 Å². The summed E-state index contributed by atoms with van der Waals surface area (Å²) >= 11 is 0. The van der Waals surface area contributed by atoms with Crippen LogP contribution in [0.1, 0.15) is 16.7 Å². The first-order valence-corrected chi connectivity index (χ1v) is 7.97. The number of amides is 1. The SMILES string of the molecule is Cc1ccc(C)c(NC(=O)COc2ccc3c(C)cc(=O)oc3c2)c1. The van der Waals surface area contributed by atoms with Gasteiger partial charge in [0.05, 0.1) is 0 Å². The number of aryl methyl sites for hydroxylation is 3. The maximum Gasteiger partial charge on any atom is 0.336 e. The van der Waals surface area contributed by atoms with Crippen LogP contribution < -0.4 is 15.7 Å². The molecule has 0 bridgehead atoms. The second kappa shape index (κ2) is 6.81. The summed E-state index contributed by atoms with van der Waals surface area (Å²) in [5.41, 5.74) is 3.70. The van der Waals surface area contributed by atoms with E-state index in [0.29, 0.717) is 11.3 Å². The molecule has 0 aliphatic rings. The Morgan fingerprint density at radius 3 is 2.64 bits per heavy atom. The molecule has 1 N–H and O–H groups in total. The Morgan fingerprint density at radius 1 is 1.04 bits per heavy atom. The lowest BCUT2D eigenvalue weighted by Crippen LogP contribution is -2.20. The molecule has 5 nitrogen and oxygen atoms in total. The van der Waals surface area contributed by atoms with Gasteiger partial charge in [-0.3, -0.25) is 4.79 Å². The maximum atomic E-state index is 12.1. The number of nitrogens with one attached hydrogen (secondary N) is 1. The first-order chi connectivity index (χ1) is 11.9. The number of fused-ring (bicyclic) bond motifs is 1. The number of rotatable bonds is 4. The van der Waals surface area contributed by atoms with Crippen LogP contribution in [0.5, 0.6) is 5.75 Å². The number of benzene rings is 2. The molecule has 0 aliphatic carbocycles. The summed E-state index contributed by atoms with van der Waals surface area (Å²) in [5, 5.41) is 3.68. The van der Waals surface area contributed by atoms with E-state index < -0.39 is 5.63 Å². The average molecular weight is 337 g/mol. The van der Waals surface area contributed by atoms with Gasteiger partial charge in [0.15, 0.2) is 6.61 Å². The van der Waals surface area contributed by atoms with E-state index in [0.717, 1.165) is 27.8 Å². The third kappa shape index (κ3) is 3.88. The quantitative estimate of drug-likeness (QED) is 0.737. The fourth-order valence-electron chi connectivity index (χ4n) is 2.60. The summed E-state index contributed by atoms with van der Waals surface area (Å²) in [6, 6.07) is 12.5. The number of carbonyl (C=O) groups is 1. The molecule has 0 fully saturated rings. The van der Waals surface area contributed by atoms with Crippen molar-refractivity contribution in [3.8, 4) is 5.75 Å². The van der Waals surface area contributed by atoms with Crippen LogP contribution in [0.25, 0.3) is 11.0 Å². The molecule has 0 radical (unpaired) electrons. The minimum absolute atomic E-state index is 0.130. The third-order valence-electron chi connectivity index (χ3n) is 3.96. The molecular weight excluding hydrogens is 318 g/mol. The summed E-state index contributed by atoms with van der Waals surface area (Å²) in [5.74, 6) is 0.219. The van der Waals surface area contributed by atoms with Crippen LogP contribution in [0.3, 0.4) is 0 Å². The van der Waals surface area contributed by atoms with Gasteiger partial charge >= 0.3 is 5.63 Å². The van der Waals surface area contributed by atoms with E-state index in [4.69, 9.17) is 9.15 Å². The molecule has 0 aliphatic heterocycles. The predicted octanol–water partition coefficient (Wildman–Crippen LogP) is 3.74. The molecule has 1 amide bonds. The van der Waals surface area contributed by atoms with Crippen molar-refractivity contribution in [2.24, 2.45) is 0 Å². The van der Waals surface area contributed by atoms with E-state index in [-0.39, 0.29) is 12.5 Å². The highest BCUT2D eigenvalue weighted by Crippen LogP contribution is 2.22. The van der Waals surface area contributed by atoms with Gasteiger partial charge < -0.3 is 14.5 Å². The predicted molar refractivity (Wildman–Crippen MR) is 97.3 cm³/mol. The lowest BCUT2D eigenvalue weighted by atomic mass is 10.1. The molecular formula is C20H19NO4. The normalized spacial score (nSPS) is 10.7. The Morgan fingerprint density at radius 2 is 1.84 bits per heavy atom. The van der Waals surface area contributed by atoms with Crippen molar-refractivity contribution in [2.45, 2.75) is 20.8 Å². The Hall–Kier alpha value is -3.08. The van der Waals surface area contributed by atoms with Gasteiger partial charge in [-0.2, -0.15) is 0 Å². The lowest BCUT2D eigenvalue weighted by molar-refractivity contribution is -0.118. The van der Waals surface area contributed by atoms with Crippen molar-refractivity contribution in [3.05, 3.63) is 69.6 Å². The summed E-state index contributed by atoms with van der Waals surface area (Å²) in [4.78, 5) is 23.6. The van der Waals surface area contributed by atoms with E-state index in [1.807, 2.05) is 45.0 Å². The number of anilines is 1. The highest BCUT2D eigenvalue weighted by atomic mass is 16.5. The van der Waals surface area contributed by atoms with Crippen molar-refractivity contribution >= 4 is 22.6 Å². The largest absolute Gasteiger partial charge is 0.484 e. The number of hydrogen-bond donors (Lipinski definition) is 1. The second-order valence-corrected chi connectivity index (χ2v) is 6.06. The molecule has 1 heterocycles. The van der Waals surface area contributed by atoms with Crippen molar-refractivity contribution in [2.75, 3.05) is 11.9 Å². The first kappa shape index (κ1) is 16.8. The van der Waals surface area contributed by atoms with E-state index >= 15 is 0 Å². The molecule has 3 aromatic rings. The average Bonchev–Trinajstić information content (AvgIpc) is 2.56. The van der Waals surface area contributed by atoms with Crippen LogP contribution in [-0.2, 0) is 4.79 Å². The van der Waals surface area contributed by atoms with Crippen LogP contribution in [0.15, 0.2) is 51.7 Å². The van der Waals surface area contributed by atoms with Crippen LogP contribution in [0, 0.1) is 20.8 Å². The molecule has 1 aromatic heterocycles. The van der Waals surface area contributed by atoms with Crippen molar-refractivity contribution < 1.29 is 13.9 Å². The van der Waals surface area contributed by atoms with Crippen molar-refractivity contribution in [1.29, 1.82) is 0 Å². The first-order valence-electron chi connectivity index (χ1n) is 7.97. The molecule has 0 atom stereocenters. The zero-order valence-electron chi connectivity index (χ0n) is 14.4.